The largest absolute Gasteiger partial charge is 0.380 e. The number of hydrogen-bond donors (Lipinski definition) is 4. The summed E-state index contributed by atoms with van der Waals surface area (Å²) in [4.78, 5) is 21.4. The normalized spacial score (nSPS) is 25.1. The molecule has 1 aromatic carbocycles. The number of nitrogens with two attached hydrogens (primary N) is 1. The van der Waals surface area contributed by atoms with E-state index in [1.165, 1.54) is 6.20 Å². The van der Waals surface area contributed by atoms with Crippen LogP contribution in [0.3, 0.4) is 0 Å². The molecular formula is C30H35F3N4O4S. The third-order valence-corrected chi connectivity index (χ3v) is 10.2. The van der Waals surface area contributed by atoms with Crippen LogP contribution in [0, 0.1) is 23.4 Å². The van der Waals surface area contributed by atoms with Crippen LogP contribution in [0.15, 0.2) is 42.7 Å². The Kier molecular flexibility index (Phi) is 8.91. The summed E-state index contributed by atoms with van der Waals surface area (Å²) in [5, 5.41) is 2.78. The maximum Gasteiger partial charge on any atom is 0.274 e. The van der Waals surface area contributed by atoms with Crippen molar-refractivity contribution in [1.29, 1.82) is 0 Å². The average molecular weight is 605 g/mol. The first-order chi connectivity index (χ1) is 20.0. The lowest BCUT2D eigenvalue weighted by Crippen LogP contribution is -2.45. The Labute approximate surface area is 244 Å². The van der Waals surface area contributed by atoms with Gasteiger partial charge in [0.05, 0.1) is 23.6 Å². The Bertz CT molecular complexity index is 1430. The maximum atomic E-state index is 15.3. The van der Waals surface area contributed by atoms with Crippen molar-refractivity contribution in [2.45, 2.75) is 56.6 Å². The van der Waals surface area contributed by atoms with E-state index >= 15 is 8.78 Å². The van der Waals surface area contributed by atoms with Crippen LogP contribution in [0.4, 0.5) is 18.9 Å². The molecule has 5 rings (SSSR count). The summed E-state index contributed by atoms with van der Waals surface area (Å²) in [6.45, 7) is 2.07. The van der Waals surface area contributed by atoms with Crippen molar-refractivity contribution in [2.24, 2.45) is 11.7 Å². The van der Waals surface area contributed by atoms with Gasteiger partial charge in [-0.1, -0.05) is 6.92 Å². The summed E-state index contributed by atoms with van der Waals surface area (Å²) in [5.41, 5.74) is 6.49. The molecule has 1 saturated carbocycles. The van der Waals surface area contributed by atoms with Crippen LogP contribution in [0.2, 0.25) is 0 Å². The number of rotatable bonds is 6. The SMILES string of the molecule is CO[C@@H]1[C@H](N)C[C@H](c2ccncc2NC(=O)c2ccc(F)c(-c3c(F)cc(C4CCS(O)(O)CC4)cc3F)n2)C[C@@H]1C. The number of nitrogens with one attached hydrogen (secondary N) is 1. The maximum absolute atomic E-state index is 15.3. The van der Waals surface area contributed by atoms with Gasteiger partial charge in [-0.3, -0.25) is 18.9 Å². The molecule has 0 unspecified atom stereocenters. The van der Waals surface area contributed by atoms with Crippen LogP contribution in [0.25, 0.3) is 11.3 Å². The Morgan fingerprint density at radius 3 is 2.38 bits per heavy atom. The zero-order valence-electron chi connectivity index (χ0n) is 23.4. The highest BCUT2D eigenvalue weighted by atomic mass is 32.3. The van der Waals surface area contributed by atoms with Gasteiger partial charge >= 0.3 is 0 Å². The summed E-state index contributed by atoms with van der Waals surface area (Å²) >= 11 is 0. The molecule has 2 aliphatic rings. The molecule has 0 spiro atoms. The predicted molar refractivity (Wildman–Crippen MR) is 156 cm³/mol. The van der Waals surface area contributed by atoms with Gasteiger partial charge in [0.1, 0.15) is 28.8 Å². The molecule has 3 aromatic rings. The molecular weight excluding hydrogens is 569 g/mol. The molecule has 3 heterocycles. The molecule has 8 nitrogen and oxygen atoms in total. The number of amides is 1. The molecule has 5 N–H and O–H groups in total. The van der Waals surface area contributed by atoms with Crippen LogP contribution < -0.4 is 11.1 Å². The molecule has 0 radical (unpaired) electrons. The molecule has 1 amide bonds. The van der Waals surface area contributed by atoms with E-state index in [9.17, 15) is 18.3 Å². The van der Waals surface area contributed by atoms with E-state index in [1.807, 2.05) is 6.07 Å². The number of carbonyl (C=O) groups is 1. The van der Waals surface area contributed by atoms with Gasteiger partial charge in [-0.05, 0) is 84.9 Å². The molecule has 1 aliphatic carbocycles. The topological polar surface area (TPSA) is 131 Å². The monoisotopic (exact) mass is 604 g/mol. The first kappa shape index (κ1) is 30.4. The first-order valence-corrected chi connectivity index (χ1v) is 15.8. The van der Waals surface area contributed by atoms with Crippen molar-refractivity contribution >= 4 is 22.2 Å². The molecule has 226 valence electrons. The van der Waals surface area contributed by atoms with Gasteiger partial charge in [0, 0.05) is 30.9 Å². The lowest BCUT2D eigenvalue weighted by Gasteiger charge is -2.39. The van der Waals surface area contributed by atoms with Crippen LogP contribution in [-0.4, -0.2) is 55.7 Å². The van der Waals surface area contributed by atoms with E-state index in [2.05, 4.69) is 22.2 Å². The number of halogens is 3. The zero-order valence-corrected chi connectivity index (χ0v) is 24.2. The number of carbonyl (C=O) groups excluding carboxylic acids is 1. The van der Waals surface area contributed by atoms with E-state index in [4.69, 9.17) is 10.5 Å². The standard InChI is InChI=1S/C30H35F3N4O4S/c1-16-11-19(14-24(34)29(16)41-2)20-5-8-35-15-26(20)37-30(38)25-4-3-21(31)28(36-25)27-22(32)12-18(13-23(27)33)17-6-9-42(39,40)10-7-17/h3-5,8,12-13,15-17,19,24,29,39-40H,6-7,9-11,14,34H2,1-2H3,(H,37,38)/t16-,19+,24+,29-/m0/s1. The van der Waals surface area contributed by atoms with Gasteiger partial charge in [0.15, 0.2) is 0 Å². The Hall–Kier alpha value is -3.03. The molecule has 2 aromatic heterocycles. The van der Waals surface area contributed by atoms with Crippen molar-refractivity contribution < 1.29 is 31.8 Å². The average Bonchev–Trinajstić information content (AvgIpc) is 2.93. The summed E-state index contributed by atoms with van der Waals surface area (Å²) in [6.07, 6.45) is 5.25. The van der Waals surface area contributed by atoms with Crippen LogP contribution in [0.1, 0.15) is 66.1 Å². The highest BCUT2D eigenvalue weighted by molar-refractivity contribution is 8.24. The number of hydrogen-bond acceptors (Lipinski definition) is 7. The fourth-order valence-corrected chi connectivity index (χ4v) is 7.85. The van der Waals surface area contributed by atoms with E-state index in [-0.39, 0.29) is 47.1 Å². The van der Waals surface area contributed by atoms with Crippen molar-refractivity contribution in [3.63, 3.8) is 0 Å². The third kappa shape index (κ3) is 6.32. The van der Waals surface area contributed by atoms with Crippen molar-refractivity contribution in [1.82, 2.24) is 9.97 Å². The third-order valence-electron chi connectivity index (χ3n) is 8.45. The van der Waals surface area contributed by atoms with Gasteiger partial charge in [-0.15, -0.1) is 0 Å². The second-order valence-electron chi connectivity index (χ2n) is 11.3. The zero-order chi connectivity index (χ0) is 30.2. The predicted octanol–water partition coefficient (Wildman–Crippen LogP) is 6.30. The van der Waals surface area contributed by atoms with Gasteiger partial charge in [-0.25, -0.2) is 18.2 Å². The number of aromatic nitrogens is 2. The summed E-state index contributed by atoms with van der Waals surface area (Å²) < 4.78 is 70.7. The quantitative estimate of drug-likeness (QED) is 0.260. The Morgan fingerprint density at radius 1 is 1.05 bits per heavy atom. The second kappa shape index (κ2) is 12.3. The van der Waals surface area contributed by atoms with E-state index in [0.29, 0.717) is 30.5 Å². The van der Waals surface area contributed by atoms with Crippen LogP contribution >= 0.6 is 10.6 Å². The van der Waals surface area contributed by atoms with Crippen molar-refractivity contribution in [3.8, 4) is 11.3 Å². The summed E-state index contributed by atoms with van der Waals surface area (Å²) in [6, 6.07) is 5.98. The van der Waals surface area contributed by atoms with E-state index in [1.54, 1.807) is 13.3 Å². The molecule has 0 bridgehead atoms. The van der Waals surface area contributed by atoms with E-state index in [0.717, 1.165) is 36.2 Å². The van der Waals surface area contributed by atoms with Crippen molar-refractivity contribution in [2.75, 3.05) is 23.9 Å². The number of ether oxygens (including phenoxy) is 1. The second-order valence-corrected chi connectivity index (χ2v) is 13.7. The minimum absolute atomic E-state index is 0.0369. The number of methoxy groups -OCH3 is 1. The lowest BCUT2D eigenvalue weighted by molar-refractivity contribution is 0.00983. The highest BCUT2D eigenvalue weighted by Crippen LogP contribution is 2.48. The van der Waals surface area contributed by atoms with Crippen LogP contribution in [0.5, 0.6) is 0 Å². The lowest BCUT2D eigenvalue weighted by atomic mass is 9.74. The summed E-state index contributed by atoms with van der Waals surface area (Å²) in [7, 11) is -1.01. The Balaban J connectivity index is 1.39. The molecule has 1 aliphatic heterocycles. The number of benzene rings is 1. The minimum atomic E-state index is -2.65. The molecule has 12 heteroatoms. The van der Waals surface area contributed by atoms with Crippen molar-refractivity contribution in [3.05, 3.63) is 77.0 Å². The highest BCUT2D eigenvalue weighted by Gasteiger charge is 2.35. The van der Waals surface area contributed by atoms with Gasteiger partial charge in [0.25, 0.3) is 5.91 Å². The first-order valence-electron chi connectivity index (χ1n) is 13.9. The number of nitrogens with zero attached hydrogens (tertiary/aromatic N) is 2. The Morgan fingerprint density at radius 2 is 1.74 bits per heavy atom. The minimum Gasteiger partial charge on any atom is -0.380 e. The molecule has 42 heavy (non-hydrogen) atoms. The molecule has 2 fully saturated rings. The molecule has 1 saturated heterocycles. The van der Waals surface area contributed by atoms with Crippen LogP contribution in [-0.2, 0) is 4.74 Å². The number of anilines is 1. The van der Waals surface area contributed by atoms with E-state index < -0.39 is 45.2 Å². The number of pyridine rings is 2. The van der Waals surface area contributed by atoms with Gasteiger partial charge < -0.3 is 15.8 Å². The summed E-state index contributed by atoms with van der Waals surface area (Å²) in [5.74, 6) is -3.41. The fourth-order valence-electron chi connectivity index (χ4n) is 6.32. The molecule has 4 atom stereocenters. The van der Waals surface area contributed by atoms with Gasteiger partial charge in [0.2, 0.25) is 0 Å². The smallest absolute Gasteiger partial charge is 0.274 e. The fraction of sp³-hybridized carbons (Fsp3) is 0.433. The van der Waals surface area contributed by atoms with Gasteiger partial charge in [-0.2, -0.15) is 10.6 Å².